The Balaban J connectivity index is 2.15. The maximum Gasteiger partial charge on any atom is 0.339 e. The Bertz CT molecular complexity index is 670. The maximum absolute atomic E-state index is 13.6. The van der Waals surface area contributed by atoms with Crippen LogP contribution in [0.5, 0.6) is 0 Å². The summed E-state index contributed by atoms with van der Waals surface area (Å²) in [6, 6.07) is 3.36. The second-order valence-corrected chi connectivity index (χ2v) is 4.94. The number of aryl methyl sites for hydroxylation is 1. The molecule has 0 fully saturated rings. The average molecular weight is 346 g/mol. The molecule has 2 N–H and O–H groups in total. The zero-order valence-electron chi connectivity index (χ0n) is 10.3. The molecule has 2 rings (SSSR count). The highest BCUT2D eigenvalue weighted by atomic mass is 79.9. The number of nitrogens with one attached hydrogen (secondary N) is 1. The van der Waals surface area contributed by atoms with Crippen molar-refractivity contribution < 1.29 is 23.1 Å². The molecule has 0 aliphatic heterocycles. The van der Waals surface area contributed by atoms with Gasteiger partial charge in [-0.3, -0.25) is 0 Å². The number of aromatic carboxylic acids is 1. The number of halogens is 3. The molecule has 0 spiro atoms. The summed E-state index contributed by atoms with van der Waals surface area (Å²) >= 11 is 2.88. The van der Waals surface area contributed by atoms with Gasteiger partial charge < -0.3 is 14.8 Å². The highest BCUT2D eigenvalue weighted by Gasteiger charge is 2.14. The molecule has 0 bridgehead atoms. The van der Waals surface area contributed by atoms with Gasteiger partial charge in [-0.15, -0.1) is 0 Å². The monoisotopic (exact) mass is 345 g/mol. The molecule has 1 heterocycles. The molecule has 0 aliphatic carbocycles. The molecule has 1 aromatic heterocycles. The Kier molecular flexibility index (Phi) is 4.08. The van der Waals surface area contributed by atoms with Crippen LogP contribution in [0.4, 0.5) is 14.5 Å². The SMILES string of the molecule is Cc1oc(CNc2cc(F)c(Br)cc2F)cc1C(=O)O. The van der Waals surface area contributed by atoms with E-state index < -0.39 is 17.6 Å². The van der Waals surface area contributed by atoms with Crippen molar-refractivity contribution in [3.63, 3.8) is 0 Å². The molecule has 0 radical (unpaired) electrons. The van der Waals surface area contributed by atoms with Gasteiger partial charge in [-0.05, 0) is 35.0 Å². The zero-order valence-corrected chi connectivity index (χ0v) is 11.9. The lowest BCUT2D eigenvalue weighted by molar-refractivity contribution is 0.0695. The van der Waals surface area contributed by atoms with Crippen LogP contribution in [0.25, 0.3) is 0 Å². The molecule has 0 saturated carbocycles. The molecule has 0 saturated heterocycles. The Hall–Kier alpha value is -1.89. The van der Waals surface area contributed by atoms with Crippen molar-refractivity contribution in [2.45, 2.75) is 13.5 Å². The molecule has 0 amide bonds. The van der Waals surface area contributed by atoms with E-state index in [0.29, 0.717) is 5.76 Å². The third kappa shape index (κ3) is 2.98. The van der Waals surface area contributed by atoms with E-state index in [1.165, 1.54) is 13.0 Å². The predicted octanol–water partition coefficient (Wildman–Crippen LogP) is 3.94. The van der Waals surface area contributed by atoms with Gasteiger partial charge in [0.1, 0.15) is 28.7 Å². The summed E-state index contributed by atoms with van der Waals surface area (Å²) in [4.78, 5) is 10.9. The van der Waals surface area contributed by atoms with Crippen molar-refractivity contribution in [2.75, 3.05) is 5.32 Å². The van der Waals surface area contributed by atoms with Crippen LogP contribution in [-0.4, -0.2) is 11.1 Å². The predicted molar refractivity (Wildman–Crippen MR) is 71.8 cm³/mol. The lowest BCUT2D eigenvalue weighted by Gasteiger charge is -2.06. The molecule has 2 aromatic rings. The molecular weight excluding hydrogens is 336 g/mol. The Morgan fingerprint density at radius 2 is 2.05 bits per heavy atom. The molecule has 0 unspecified atom stereocenters. The van der Waals surface area contributed by atoms with E-state index in [0.717, 1.165) is 12.1 Å². The van der Waals surface area contributed by atoms with Gasteiger partial charge in [-0.1, -0.05) is 0 Å². The van der Waals surface area contributed by atoms with Crippen LogP contribution in [0.2, 0.25) is 0 Å². The van der Waals surface area contributed by atoms with Crippen molar-refractivity contribution in [2.24, 2.45) is 0 Å². The van der Waals surface area contributed by atoms with E-state index >= 15 is 0 Å². The van der Waals surface area contributed by atoms with Crippen LogP contribution in [0.15, 0.2) is 27.1 Å². The van der Waals surface area contributed by atoms with Gasteiger partial charge in [0, 0.05) is 6.07 Å². The van der Waals surface area contributed by atoms with E-state index in [1.54, 1.807) is 0 Å². The number of hydrogen-bond acceptors (Lipinski definition) is 3. The van der Waals surface area contributed by atoms with Crippen molar-refractivity contribution >= 4 is 27.6 Å². The summed E-state index contributed by atoms with van der Waals surface area (Å²) in [5, 5.41) is 11.5. The van der Waals surface area contributed by atoms with Crippen LogP contribution in [0.3, 0.4) is 0 Å². The second kappa shape index (κ2) is 5.62. The number of hydrogen-bond donors (Lipinski definition) is 2. The van der Waals surface area contributed by atoms with Crippen LogP contribution >= 0.6 is 15.9 Å². The van der Waals surface area contributed by atoms with Gasteiger partial charge in [0.15, 0.2) is 0 Å². The topological polar surface area (TPSA) is 62.5 Å². The number of rotatable bonds is 4. The molecule has 7 heteroatoms. The first kappa shape index (κ1) is 14.5. The van der Waals surface area contributed by atoms with Gasteiger partial charge >= 0.3 is 5.97 Å². The van der Waals surface area contributed by atoms with Gasteiger partial charge in [-0.25, -0.2) is 13.6 Å². The summed E-state index contributed by atoms with van der Waals surface area (Å²) in [6.07, 6.45) is 0. The minimum Gasteiger partial charge on any atom is -0.478 e. The Morgan fingerprint density at radius 3 is 2.65 bits per heavy atom. The number of anilines is 1. The third-order valence-electron chi connectivity index (χ3n) is 2.66. The van der Waals surface area contributed by atoms with Crippen molar-refractivity contribution in [3.05, 3.63) is 51.4 Å². The number of carboxylic acids is 1. The normalized spacial score (nSPS) is 10.6. The molecule has 0 atom stereocenters. The summed E-state index contributed by atoms with van der Waals surface area (Å²) in [6.45, 7) is 1.57. The van der Waals surface area contributed by atoms with E-state index in [4.69, 9.17) is 9.52 Å². The highest BCUT2D eigenvalue weighted by Crippen LogP contribution is 2.24. The smallest absolute Gasteiger partial charge is 0.339 e. The first-order valence-electron chi connectivity index (χ1n) is 5.59. The second-order valence-electron chi connectivity index (χ2n) is 4.09. The summed E-state index contributed by atoms with van der Waals surface area (Å²) in [5.74, 6) is -1.74. The van der Waals surface area contributed by atoms with E-state index in [-0.39, 0.29) is 28.0 Å². The number of carbonyl (C=O) groups is 1. The standard InChI is InChI=1S/C13H10BrF2NO3/c1-6-8(13(18)19)2-7(20-6)5-17-12-4-10(15)9(14)3-11(12)16/h2-4,17H,5H2,1H3,(H,18,19). The Morgan fingerprint density at radius 1 is 1.35 bits per heavy atom. The van der Waals surface area contributed by atoms with E-state index in [2.05, 4.69) is 21.2 Å². The lowest BCUT2D eigenvalue weighted by atomic mass is 10.2. The zero-order chi connectivity index (χ0) is 14.9. The van der Waals surface area contributed by atoms with Crippen LogP contribution in [-0.2, 0) is 6.54 Å². The highest BCUT2D eigenvalue weighted by molar-refractivity contribution is 9.10. The van der Waals surface area contributed by atoms with Crippen LogP contribution < -0.4 is 5.32 Å². The van der Waals surface area contributed by atoms with Gasteiger partial charge in [0.25, 0.3) is 0 Å². The molecule has 0 aliphatic rings. The van der Waals surface area contributed by atoms with Crippen molar-refractivity contribution in [1.29, 1.82) is 0 Å². The largest absolute Gasteiger partial charge is 0.478 e. The fraction of sp³-hybridized carbons (Fsp3) is 0.154. The molecular formula is C13H10BrF2NO3. The average Bonchev–Trinajstić information content (AvgIpc) is 2.74. The first-order valence-corrected chi connectivity index (χ1v) is 6.39. The fourth-order valence-electron chi connectivity index (χ4n) is 1.68. The fourth-order valence-corrected chi connectivity index (χ4v) is 2.00. The summed E-state index contributed by atoms with van der Waals surface area (Å²) in [5.41, 5.74) is 0.0147. The first-order chi connectivity index (χ1) is 9.38. The van der Waals surface area contributed by atoms with Crippen LogP contribution in [0, 0.1) is 18.6 Å². The van der Waals surface area contributed by atoms with Crippen LogP contribution in [0.1, 0.15) is 21.9 Å². The van der Waals surface area contributed by atoms with Crippen molar-refractivity contribution in [3.8, 4) is 0 Å². The van der Waals surface area contributed by atoms with Crippen molar-refractivity contribution in [1.82, 2.24) is 0 Å². The molecule has 1 aromatic carbocycles. The minimum atomic E-state index is -1.10. The number of benzene rings is 1. The van der Waals surface area contributed by atoms with Gasteiger partial charge in [-0.2, -0.15) is 0 Å². The van der Waals surface area contributed by atoms with Gasteiger partial charge in [0.05, 0.1) is 16.7 Å². The number of furan rings is 1. The number of carboxylic acid groups (broad SMARTS) is 1. The third-order valence-corrected chi connectivity index (χ3v) is 3.27. The minimum absolute atomic E-state index is 0.0301. The maximum atomic E-state index is 13.6. The molecule has 4 nitrogen and oxygen atoms in total. The molecule has 106 valence electrons. The quantitative estimate of drug-likeness (QED) is 0.824. The Labute approximate surface area is 121 Å². The lowest BCUT2D eigenvalue weighted by Crippen LogP contribution is -2.01. The van der Waals surface area contributed by atoms with Gasteiger partial charge in [0.2, 0.25) is 0 Å². The molecule has 20 heavy (non-hydrogen) atoms. The summed E-state index contributed by atoms with van der Waals surface area (Å²) in [7, 11) is 0. The summed E-state index contributed by atoms with van der Waals surface area (Å²) < 4.78 is 32.1. The van der Waals surface area contributed by atoms with E-state index in [1.807, 2.05) is 0 Å². The van der Waals surface area contributed by atoms with E-state index in [9.17, 15) is 13.6 Å².